The molecule has 1 N–H and O–H groups in total. The molecule has 168 valence electrons. The van der Waals surface area contributed by atoms with Crippen LogP contribution >= 0.6 is 0 Å². The lowest BCUT2D eigenvalue weighted by molar-refractivity contribution is 0.0954. The molecule has 0 bridgehead atoms. The fourth-order valence-electron chi connectivity index (χ4n) is 3.41. The number of benzene rings is 3. The van der Waals surface area contributed by atoms with Gasteiger partial charge >= 0.3 is 0 Å². The van der Waals surface area contributed by atoms with E-state index >= 15 is 0 Å². The molecule has 0 atom stereocenters. The maximum atomic E-state index is 12.7. The van der Waals surface area contributed by atoms with Crippen LogP contribution in [0.1, 0.15) is 27.4 Å². The summed E-state index contributed by atoms with van der Waals surface area (Å²) in [4.78, 5) is 17.1. The Labute approximate surface area is 193 Å². The molecule has 0 aliphatic rings. The van der Waals surface area contributed by atoms with Gasteiger partial charge in [-0.1, -0.05) is 48.5 Å². The molecule has 0 saturated heterocycles. The molecule has 0 aliphatic heterocycles. The van der Waals surface area contributed by atoms with Crippen LogP contribution in [0.5, 0.6) is 0 Å². The van der Waals surface area contributed by atoms with E-state index in [0.717, 1.165) is 12.0 Å². The van der Waals surface area contributed by atoms with E-state index in [-0.39, 0.29) is 16.6 Å². The zero-order valence-electron chi connectivity index (χ0n) is 18.2. The Kier molecular flexibility index (Phi) is 6.70. The molecule has 1 heterocycles. The van der Waals surface area contributed by atoms with Crippen LogP contribution in [0.2, 0.25) is 0 Å². The molecule has 0 fully saturated rings. The van der Waals surface area contributed by atoms with Crippen molar-refractivity contribution in [3.05, 3.63) is 108 Å². The summed E-state index contributed by atoms with van der Waals surface area (Å²) in [5, 5.41) is 2.92. The molecular formula is C26H24N2O4S. The van der Waals surface area contributed by atoms with Gasteiger partial charge in [0.05, 0.1) is 10.6 Å². The highest BCUT2D eigenvalue weighted by Gasteiger charge is 2.21. The van der Waals surface area contributed by atoms with Crippen LogP contribution in [-0.2, 0) is 22.0 Å². The lowest BCUT2D eigenvalue weighted by Crippen LogP contribution is -2.25. The van der Waals surface area contributed by atoms with Gasteiger partial charge in [-0.05, 0) is 55.3 Å². The molecule has 0 unspecified atom stereocenters. The first kappa shape index (κ1) is 22.5. The summed E-state index contributed by atoms with van der Waals surface area (Å²) in [5.41, 5.74) is 2.73. The summed E-state index contributed by atoms with van der Waals surface area (Å²) in [6.07, 6.45) is 0.759. The second-order valence-corrected chi connectivity index (χ2v) is 9.65. The van der Waals surface area contributed by atoms with E-state index in [0.29, 0.717) is 35.0 Å². The Balaban J connectivity index is 1.41. The minimum Gasteiger partial charge on any atom is -0.441 e. The zero-order valence-corrected chi connectivity index (χ0v) is 19.0. The van der Waals surface area contributed by atoms with Crippen molar-refractivity contribution in [1.29, 1.82) is 0 Å². The smallest absolute Gasteiger partial charge is 0.251 e. The van der Waals surface area contributed by atoms with Gasteiger partial charge in [-0.25, -0.2) is 13.4 Å². The van der Waals surface area contributed by atoms with E-state index < -0.39 is 9.84 Å². The monoisotopic (exact) mass is 460 g/mol. The second-order valence-electron chi connectivity index (χ2n) is 7.66. The van der Waals surface area contributed by atoms with Gasteiger partial charge in [-0.3, -0.25) is 4.79 Å². The minimum atomic E-state index is -3.53. The third-order valence-electron chi connectivity index (χ3n) is 5.26. The largest absolute Gasteiger partial charge is 0.441 e. The average molecular weight is 461 g/mol. The molecule has 1 aromatic heterocycles. The van der Waals surface area contributed by atoms with Crippen molar-refractivity contribution in [2.24, 2.45) is 0 Å². The number of aryl methyl sites for hydroxylation is 1. The van der Waals surface area contributed by atoms with E-state index in [1.807, 2.05) is 30.3 Å². The van der Waals surface area contributed by atoms with Crippen LogP contribution in [0.3, 0.4) is 0 Å². The van der Waals surface area contributed by atoms with Crippen LogP contribution in [0.15, 0.2) is 94.2 Å². The van der Waals surface area contributed by atoms with E-state index in [4.69, 9.17) is 4.42 Å². The average Bonchev–Trinajstić information content (AvgIpc) is 3.20. The van der Waals surface area contributed by atoms with Crippen molar-refractivity contribution < 1.29 is 17.6 Å². The molecule has 0 radical (unpaired) electrons. The molecule has 0 saturated carbocycles. The highest BCUT2D eigenvalue weighted by atomic mass is 32.2. The zero-order chi connectivity index (χ0) is 23.3. The first-order chi connectivity index (χ1) is 15.9. The van der Waals surface area contributed by atoms with E-state index in [1.54, 1.807) is 61.5 Å². The highest BCUT2D eigenvalue weighted by Crippen LogP contribution is 2.25. The van der Waals surface area contributed by atoms with Gasteiger partial charge in [0.1, 0.15) is 11.5 Å². The molecular weight excluding hydrogens is 436 g/mol. The van der Waals surface area contributed by atoms with Crippen LogP contribution in [0.4, 0.5) is 0 Å². The van der Waals surface area contributed by atoms with Crippen molar-refractivity contribution in [1.82, 2.24) is 10.3 Å². The van der Waals surface area contributed by atoms with Crippen molar-refractivity contribution >= 4 is 15.7 Å². The van der Waals surface area contributed by atoms with Gasteiger partial charge in [-0.15, -0.1) is 0 Å². The van der Waals surface area contributed by atoms with Gasteiger partial charge < -0.3 is 9.73 Å². The number of hydrogen-bond acceptors (Lipinski definition) is 5. The third-order valence-corrected chi connectivity index (χ3v) is 6.90. The minimum absolute atomic E-state index is 0.157. The Hall–Kier alpha value is -3.71. The van der Waals surface area contributed by atoms with Crippen LogP contribution in [0.25, 0.3) is 11.5 Å². The summed E-state index contributed by atoms with van der Waals surface area (Å²) in [5.74, 6) is 0.374. The number of aromatic nitrogens is 1. The Morgan fingerprint density at radius 2 is 1.55 bits per heavy atom. The SMILES string of the molecule is Cc1oc(-c2ccc(C(=O)NCCc3ccccc3)cc2)nc1CS(=O)(=O)c1ccccc1. The topological polar surface area (TPSA) is 89.3 Å². The Morgan fingerprint density at radius 1 is 0.909 bits per heavy atom. The summed E-state index contributed by atoms with van der Waals surface area (Å²) in [7, 11) is -3.53. The van der Waals surface area contributed by atoms with Crippen molar-refractivity contribution in [2.75, 3.05) is 6.54 Å². The van der Waals surface area contributed by atoms with E-state index in [1.165, 1.54) is 0 Å². The number of hydrogen-bond donors (Lipinski definition) is 1. The Morgan fingerprint density at radius 3 is 2.21 bits per heavy atom. The number of oxazole rings is 1. The molecule has 0 spiro atoms. The summed E-state index contributed by atoms with van der Waals surface area (Å²) >= 11 is 0. The predicted octanol–water partition coefficient (Wildman–Crippen LogP) is 4.60. The van der Waals surface area contributed by atoms with E-state index in [2.05, 4.69) is 10.3 Å². The Bertz CT molecular complexity index is 1330. The van der Waals surface area contributed by atoms with E-state index in [9.17, 15) is 13.2 Å². The molecule has 6 nitrogen and oxygen atoms in total. The number of rotatable bonds is 8. The van der Waals surface area contributed by atoms with Gasteiger partial charge in [-0.2, -0.15) is 0 Å². The third kappa shape index (κ3) is 5.56. The standard InChI is InChI=1S/C26H24N2O4S/c1-19-24(18-33(30,31)23-10-6-3-7-11-23)28-26(32-19)22-14-12-21(13-15-22)25(29)27-17-16-20-8-4-2-5-9-20/h2-15H,16-18H2,1H3,(H,27,29). The van der Waals surface area contributed by atoms with Crippen molar-refractivity contribution in [3.8, 4) is 11.5 Å². The number of nitrogens with one attached hydrogen (secondary N) is 1. The molecule has 1 amide bonds. The predicted molar refractivity (Wildman–Crippen MR) is 126 cm³/mol. The molecule has 3 aromatic carbocycles. The van der Waals surface area contributed by atoms with Crippen LogP contribution < -0.4 is 5.32 Å². The lowest BCUT2D eigenvalue weighted by atomic mass is 10.1. The van der Waals surface area contributed by atoms with Gasteiger partial charge in [0, 0.05) is 17.7 Å². The summed E-state index contributed by atoms with van der Waals surface area (Å²) < 4.78 is 31.1. The number of carbonyl (C=O) groups excluding carboxylic acids is 1. The second kappa shape index (κ2) is 9.83. The van der Waals surface area contributed by atoms with Crippen LogP contribution in [-0.4, -0.2) is 25.9 Å². The van der Waals surface area contributed by atoms with Gasteiger partial charge in [0.2, 0.25) is 5.89 Å². The first-order valence-corrected chi connectivity index (χ1v) is 12.2. The number of carbonyl (C=O) groups is 1. The fraction of sp³-hybridized carbons (Fsp3) is 0.154. The van der Waals surface area contributed by atoms with Gasteiger partial charge in [0.25, 0.3) is 5.91 Å². The molecule has 7 heteroatoms. The first-order valence-electron chi connectivity index (χ1n) is 10.6. The summed E-state index contributed by atoms with van der Waals surface area (Å²) in [6.45, 7) is 2.24. The fourth-order valence-corrected chi connectivity index (χ4v) is 4.77. The quantitative estimate of drug-likeness (QED) is 0.415. The van der Waals surface area contributed by atoms with Crippen LogP contribution in [0, 0.1) is 6.92 Å². The molecule has 4 aromatic rings. The molecule has 0 aliphatic carbocycles. The maximum Gasteiger partial charge on any atom is 0.251 e. The van der Waals surface area contributed by atoms with Crippen molar-refractivity contribution in [2.45, 2.75) is 24.0 Å². The lowest BCUT2D eigenvalue weighted by Gasteiger charge is -2.06. The van der Waals surface area contributed by atoms with Crippen molar-refractivity contribution in [3.63, 3.8) is 0 Å². The molecule has 33 heavy (non-hydrogen) atoms. The van der Waals surface area contributed by atoms with Gasteiger partial charge in [0.15, 0.2) is 9.84 Å². The highest BCUT2D eigenvalue weighted by molar-refractivity contribution is 7.90. The number of amides is 1. The summed E-state index contributed by atoms with van der Waals surface area (Å²) in [6, 6.07) is 25.1. The number of nitrogens with zero attached hydrogens (tertiary/aromatic N) is 1. The number of sulfone groups is 1. The molecule has 4 rings (SSSR count). The normalized spacial score (nSPS) is 11.3. The maximum absolute atomic E-state index is 12.7.